The predicted molar refractivity (Wildman–Crippen MR) is 130 cm³/mol. The van der Waals surface area contributed by atoms with Gasteiger partial charge >= 0.3 is 0 Å². The summed E-state index contributed by atoms with van der Waals surface area (Å²) in [7, 11) is 0.0303. The van der Waals surface area contributed by atoms with Crippen LogP contribution >= 0.6 is 11.6 Å². The highest BCUT2D eigenvalue weighted by atomic mass is 35.5. The Morgan fingerprint density at radius 1 is 1.11 bits per heavy atom. The zero-order chi connectivity index (χ0) is 27.7. The van der Waals surface area contributed by atoms with Gasteiger partial charge in [-0.25, -0.2) is 27.2 Å². The van der Waals surface area contributed by atoms with E-state index in [2.05, 4.69) is 30.1 Å². The van der Waals surface area contributed by atoms with Gasteiger partial charge in [0.1, 0.15) is 24.0 Å². The molecule has 0 aliphatic heterocycles. The third-order valence-electron chi connectivity index (χ3n) is 6.36. The fourth-order valence-electron chi connectivity index (χ4n) is 4.42. The van der Waals surface area contributed by atoms with Crippen LogP contribution in [0.2, 0.25) is 5.02 Å². The predicted octanol–water partition coefficient (Wildman–Crippen LogP) is 3.11. The molecule has 4 rings (SSSR count). The SMILES string of the molecule is COc1ncnc(OC)c1-n1c(CS(=O)(=O)[C@@H](C)[C@H](OC)c2ncc(Cl)cn2)nnc1[C@@H]1CCC(F)(F)C1. The lowest BCUT2D eigenvalue weighted by molar-refractivity contribution is 0.00749. The molecule has 0 amide bonds. The molecule has 38 heavy (non-hydrogen) atoms. The maximum atomic E-state index is 14.1. The summed E-state index contributed by atoms with van der Waals surface area (Å²) in [5.41, 5.74) is 0.106. The highest BCUT2D eigenvalue weighted by Crippen LogP contribution is 2.45. The Kier molecular flexibility index (Phi) is 8.09. The van der Waals surface area contributed by atoms with E-state index in [0.717, 1.165) is 0 Å². The number of methoxy groups -OCH3 is 3. The smallest absolute Gasteiger partial charge is 0.248 e. The Morgan fingerprint density at radius 2 is 1.74 bits per heavy atom. The number of hydrogen-bond acceptors (Lipinski definition) is 11. The molecule has 0 aromatic carbocycles. The number of rotatable bonds is 10. The summed E-state index contributed by atoms with van der Waals surface area (Å²) < 4.78 is 73.0. The van der Waals surface area contributed by atoms with Gasteiger partial charge in [-0.2, -0.15) is 9.97 Å². The van der Waals surface area contributed by atoms with Crippen LogP contribution in [-0.4, -0.2) is 75.6 Å². The lowest BCUT2D eigenvalue weighted by atomic mass is 10.1. The van der Waals surface area contributed by atoms with Crippen LogP contribution < -0.4 is 9.47 Å². The second-order valence-corrected chi connectivity index (χ2v) is 11.6. The molecule has 0 bridgehead atoms. The number of nitrogens with zero attached hydrogens (tertiary/aromatic N) is 7. The molecular formula is C22H26ClF2N7O5S. The van der Waals surface area contributed by atoms with E-state index < -0.39 is 45.2 Å². The molecule has 1 saturated carbocycles. The van der Waals surface area contributed by atoms with Gasteiger partial charge in [-0.1, -0.05) is 11.6 Å². The van der Waals surface area contributed by atoms with Crippen LogP contribution in [-0.2, 0) is 20.3 Å². The zero-order valence-electron chi connectivity index (χ0n) is 21.0. The van der Waals surface area contributed by atoms with Crippen LogP contribution in [0.3, 0.4) is 0 Å². The van der Waals surface area contributed by atoms with Gasteiger partial charge in [0.05, 0.1) is 24.5 Å². The van der Waals surface area contributed by atoms with Crippen LogP contribution in [0.25, 0.3) is 5.69 Å². The molecule has 1 aliphatic rings. The largest absolute Gasteiger partial charge is 0.479 e. The molecule has 0 unspecified atom stereocenters. The maximum Gasteiger partial charge on any atom is 0.248 e. The average Bonchev–Trinajstić information content (AvgIpc) is 3.46. The van der Waals surface area contributed by atoms with Crippen LogP contribution in [0.5, 0.6) is 11.8 Å². The minimum Gasteiger partial charge on any atom is -0.479 e. The summed E-state index contributed by atoms with van der Waals surface area (Å²) in [5.74, 6) is -3.95. The van der Waals surface area contributed by atoms with E-state index >= 15 is 0 Å². The molecule has 0 radical (unpaired) electrons. The normalized spacial score (nSPS) is 18.8. The van der Waals surface area contributed by atoms with Crippen molar-refractivity contribution in [3.63, 3.8) is 0 Å². The highest BCUT2D eigenvalue weighted by molar-refractivity contribution is 7.91. The molecule has 16 heteroatoms. The summed E-state index contributed by atoms with van der Waals surface area (Å²) in [6, 6.07) is 0. The van der Waals surface area contributed by atoms with E-state index in [1.165, 1.54) is 51.5 Å². The Hall–Kier alpha value is -3.04. The van der Waals surface area contributed by atoms with Crippen molar-refractivity contribution < 1.29 is 31.4 Å². The molecule has 206 valence electrons. The molecule has 0 spiro atoms. The number of sulfone groups is 1. The summed E-state index contributed by atoms with van der Waals surface area (Å²) in [6.45, 7) is 1.45. The van der Waals surface area contributed by atoms with Crippen LogP contribution in [0.1, 0.15) is 55.7 Å². The van der Waals surface area contributed by atoms with Gasteiger partial charge in [0.25, 0.3) is 0 Å². The molecule has 3 atom stereocenters. The van der Waals surface area contributed by atoms with E-state index in [4.69, 9.17) is 25.8 Å². The number of aromatic nitrogens is 7. The molecule has 1 fully saturated rings. The van der Waals surface area contributed by atoms with Gasteiger partial charge < -0.3 is 14.2 Å². The van der Waals surface area contributed by atoms with E-state index in [1.54, 1.807) is 0 Å². The van der Waals surface area contributed by atoms with E-state index in [0.29, 0.717) is 0 Å². The Bertz CT molecular complexity index is 1370. The molecule has 3 heterocycles. The first-order chi connectivity index (χ1) is 18.0. The van der Waals surface area contributed by atoms with Crippen LogP contribution in [0, 0.1) is 0 Å². The fourth-order valence-corrected chi connectivity index (χ4v) is 5.93. The van der Waals surface area contributed by atoms with Crippen molar-refractivity contribution in [2.75, 3.05) is 21.3 Å². The minimum atomic E-state index is -4.02. The van der Waals surface area contributed by atoms with Crippen LogP contribution in [0.4, 0.5) is 8.78 Å². The molecule has 0 N–H and O–H groups in total. The Morgan fingerprint density at radius 3 is 2.26 bits per heavy atom. The zero-order valence-corrected chi connectivity index (χ0v) is 22.6. The van der Waals surface area contributed by atoms with Gasteiger partial charge in [-0.05, 0) is 13.3 Å². The first-order valence-electron chi connectivity index (χ1n) is 11.5. The van der Waals surface area contributed by atoms with Crippen molar-refractivity contribution >= 4 is 21.4 Å². The van der Waals surface area contributed by atoms with Gasteiger partial charge in [0.2, 0.25) is 17.7 Å². The molecular weight excluding hydrogens is 548 g/mol. The third-order valence-corrected chi connectivity index (χ3v) is 8.60. The Labute approximate surface area is 222 Å². The fraction of sp³-hybridized carbons (Fsp3) is 0.545. The highest BCUT2D eigenvalue weighted by Gasteiger charge is 2.43. The molecule has 3 aromatic rings. The summed E-state index contributed by atoms with van der Waals surface area (Å²) in [5, 5.41) is 7.40. The number of alkyl halides is 2. The quantitative estimate of drug-likeness (QED) is 0.353. The third kappa shape index (κ3) is 5.54. The summed E-state index contributed by atoms with van der Waals surface area (Å²) >= 11 is 5.86. The van der Waals surface area contributed by atoms with Crippen molar-refractivity contribution in [3.05, 3.63) is 41.2 Å². The minimum absolute atomic E-state index is 0.0266. The average molecular weight is 574 g/mol. The molecule has 1 aliphatic carbocycles. The van der Waals surface area contributed by atoms with E-state index in [1.807, 2.05) is 0 Å². The van der Waals surface area contributed by atoms with Crippen molar-refractivity contribution in [3.8, 4) is 17.4 Å². The molecule has 3 aromatic heterocycles. The summed E-state index contributed by atoms with van der Waals surface area (Å²) in [6.07, 6.45) is 2.19. The lowest BCUT2D eigenvalue weighted by Crippen LogP contribution is -2.30. The van der Waals surface area contributed by atoms with E-state index in [-0.39, 0.29) is 52.8 Å². The Balaban J connectivity index is 1.79. The van der Waals surface area contributed by atoms with Crippen molar-refractivity contribution in [1.29, 1.82) is 0 Å². The van der Waals surface area contributed by atoms with Crippen molar-refractivity contribution in [1.82, 2.24) is 34.7 Å². The number of ether oxygens (including phenoxy) is 3. The molecule has 0 saturated heterocycles. The lowest BCUT2D eigenvalue weighted by Gasteiger charge is -2.22. The van der Waals surface area contributed by atoms with Gasteiger partial charge in [0.15, 0.2) is 27.2 Å². The second-order valence-electron chi connectivity index (χ2n) is 8.77. The topological polar surface area (TPSA) is 144 Å². The summed E-state index contributed by atoms with van der Waals surface area (Å²) in [4.78, 5) is 16.3. The van der Waals surface area contributed by atoms with E-state index in [9.17, 15) is 17.2 Å². The number of halogens is 3. The van der Waals surface area contributed by atoms with Gasteiger partial charge in [-0.15, -0.1) is 10.2 Å². The first-order valence-corrected chi connectivity index (χ1v) is 13.6. The standard InChI is InChI=1S/C22H26ClF2N7O5S/c1-12(17(35-2)18-26-8-14(23)9-27-18)38(33,34)10-15-30-31-19(13-5-6-22(24,25)7-13)32(15)16-20(36-3)28-11-29-21(16)37-4/h8-9,11-13,17H,5-7,10H2,1-4H3/t12-,13+,17-/m0/s1. The van der Waals surface area contributed by atoms with Crippen molar-refractivity contribution in [2.24, 2.45) is 0 Å². The van der Waals surface area contributed by atoms with Crippen LogP contribution in [0.15, 0.2) is 18.7 Å². The second kappa shape index (κ2) is 11.0. The van der Waals surface area contributed by atoms with Gasteiger partial charge in [-0.3, -0.25) is 4.57 Å². The molecule has 12 nitrogen and oxygen atoms in total. The monoisotopic (exact) mass is 573 g/mol. The first kappa shape index (κ1) is 28.0. The maximum absolute atomic E-state index is 14.1. The van der Waals surface area contributed by atoms with Crippen molar-refractivity contribution in [2.45, 2.75) is 55.1 Å². The van der Waals surface area contributed by atoms with Gasteiger partial charge in [0, 0.05) is 38.3 Å². The number of hydrogen-bond donors (Lipinski definition) is 0.